The Morgan fingerprint density at radius 2 is 1.54 bits per heavy atom. The van der Waals surface area contributed by atoms with Crippen LogP contribution in [-0.4, -0.2) is 29.7 Å². The molecule has 0 bridgehead atoms. The summed E-state index contributed by atoms with van der Waals surface area (Å²) >= 11 is 0. The molecule has 1 heterocycles. The van der Waals surface area contributed by atoms with Crippen LogP contribution in [0.2, 0.25) is 0 Å². The molecule has 6 heteroatoms. The molecule has 0 radical (unpaired) electrons. The third-order valence-electron chi connectivity index (χ3n) is 2.10. The Bertz CT molecular complexity index is 222. The molecule has 0 amide bonds. The van der Waals surface area contributed by atoms with Gasteiger partial charge in [0.2, 0.25) is 0 Å². The summed E-state index contributed by atoms with van der Waals surface area (Å²) in [5.74, 6) is 0. The zero-order valence-corrected chi connectivity index (χ0v) is 9.62. The second-order valence-electron chi connectivity index (χ2n) is 2.89. The Morgan fingerprint density at radius 1 is 1.31 bits per heavy atom. The molecular weight excluding hydrogens is 215 g/mol. The maximum absolute atomic E-state index is 10.1. The molecule has 2 atom stereocenters. The molecule has 1 fully saturated rings. The van der Waals surface area contributed by atoms with E-state index in [0.29, 0.717) is 0 Å². The Balaban J connectivity index is 0.000000252. The van der Waals surface area contributed by atoms with E-state index in [1.54, 1.807) is 0 Å². The minimum atomic E-state index is -5.42. The molecule has 3 nitrogen and oxygen atoms in total. The Labute approximate surface area is 82.1 Å². The lowest BCUT2D eigenvalue weighted by Crippen LogP contribution is -1.87. The van der Waals surface area contributed by atoms with Gasteiger partial charge in [-0.3, -0.25) is 0 Å². The minimum Gasteiger partial charge on any atom is -0.722 e. The van der Waals surface area contributed by atoms with E-state index in [9.17, 15) is 3.89 Å². The van der Waals surface area contributed by atoms with Crippen molar-refractivity contribution in [3.8, 4) is 0 Å². The van der Waals surface area contributed by atoms with Crippen LogP contribution in [0.25, 0.3) is 0 Å². The second-order valence-corrected chi connectivity index (χ2v) is 6.11. The topological polar surface area (TPSA) is 57.2 Å². The molecule has 0 aromatic rings. The molecule has 0 aromatic carbocycles. The van der Waals surface area contributed by atoms with Crippen LogP contribution in [0.4, 0.5) is 3.89 Å². The van der Waals surface area contributed by atoms with Gasteiger partial charge in [0.15, 0.2) is 10.5 Å². The summed E-state index contributed by atoms with van der Waals surface area (Å²) < 4.78 is 35.3. The maximum Gasteiger partial charge on any atom is 0.255 e. The van der Waals surface area contributed by atoms with Crippen molar-refractivity contribution in [3.05, 3.63) is 0 Å². The van der Waals surface area contributed by atoms with Crippen LogP contribution < -0.4 is 0 Å². The van der Waals surface area contributed by atoms with Gasteiger partial charge in [-0.1, -0.05) is 13.8 Å². The number of hydrogen-bond acceptors (Lipinski definition) is 3. The standard InChI is InChI=1S/C7H15S.FHO3S/c1-4-6-7(5-2)8(6)3;1-5(2,3)4/h6-7H,4-5H2,1-3H3;(H,2,3,4)/q+1;/p-1. The molecule has 1 saturated heterocycles. The van der Waals surface area contributed by atoms with Crippen LogP contribution in [-0.2, 0) is 21.4 Å². The van der Waals surface area contributed by atoms with Gasteiger partial charge in [-0.25, -0.2) is 8.42 Å². The van der Waals surface area contributed by atoms with Crippen LogP contribution >= 0.6 is 0 Å². The molecule has 1 rings (SSSR count). The predicted octanol–water partition coefficient (Wildman–Crippen LogP) is 1.22. The summed E-state index contributed by atoms with van der Waals surface area (Å²) in [6.07, 6.45) is 5.23. The van der Waals surface area contributed by atoms with Crippen LogP contribution in [0.5, 0.6) is 0 Å². The van der Waals surface area contributed by atoms with Gasteiger partial charge in [0.1, 0.15) is 0 Å². The highest BCUT2D eigenvalue weighted by Crippen LogP contribution is 2.37. The fraction of sp³-hybridized carbons (Fsp3) is 1.00. The Kier molecular flexibility index (Phi) is 5.24. The Morgan fingerprint density at radius 3 is 1.62 bits per heavy atom. The van der Waals surface area contributed by atoms with Crippen LogP contribution in [0.3, 0.4) is 0 Å². The highest BCUT2D eigenvalue weighted by Gasteiger charge is 2.56. The summed E-state index contributed by atoms with van der Waals surface area (Å²) in [6.45, 7) is 4.62. The number of hydrogen-bond donors (Lipinski definition) is 0. The van der Waals surface area contributed by atoms with Gasteiger partial charge in [-0.05, 0) is 12.8 Å². The molecule has 0 aromatic heterocycles. The van der Waals surface area contributed by atoms with E-state index in [0.717, 1.165) is 21.4 Å². The summed E-state index contributed by atoms with van der Waals surface area (Å²) in [7, 11) is -4.60. The van der Waals surface area contributed by atoms with Crippen molar-refractivity contribution in [1.29, 1.82) is 0 Å². The van der Waals surface area contributed by atoms with Crippen molar-refractivity contribution < 1.29 is 16.9 Å². The largest absolute Gasteiger partial charge is 0.722 e. The van der Waals surface area contributed by atoms with Gasteiger partial charge < -0.3 is 4.55 Å². The molecule has 1 aliphatic heterocycles. The van der Waals surface area contributed by atoms with Crippen molar-refractivity contribution in [1.82, 2.24) is 0 Å². The van der Waals surface area contributed by atoms with E-state index in [2.05, 4.69) is 20.1 Å². The van der Waals surface area contributed by atoms with Gasteiger partial charge in [0.25, 0.3) is 10.5 Å². The summed E-state index contributed by atoms with van der Waals surface area (Å²) in [5, 5.41) is 2.22. The summed E-state index contributed by atoms with van der Waals surface area (Å²) in [5.41, 5.74) is 0. The molecule has 2 unspecified atom stereocenters. The lowest BCUT2D eigenvalue weighted by molar-refractivity contribution is 0.417. The van der Waals surface area contributed by atoms with Gasteiger partial charge in [-0.2, -0.15) is 0 Å². The first kappa shape index (κ1) is 13.2. The third kappa shape index (κ3) is 6.29. The van der Waals surface area contributed by atoms with E-state index in [4.69, 9.17) is 13.0 Å². The number of rotatable bonds is 2. The molecule has 1 aliphatic rings. The first-order valence-electron chi connectivity index (χ1n) is 4.10. The minimum absolute atomic E-state index is 0.813. The van der Waals surface area contributed by atoms with Crippen molar-refractivity contribution in [2.45, 2.75) is 37.2 Å². The quantitative estimate of drug-likeness (QED) is 0.310. The fourth-order valence-electron chi connectivity index (χ4n) is 1.48. The molecular formula is C7H15FO3S2. The highest BCUT2D eigenvalue weighted by molar-refractivity contribution is 8.04. The summed E-state index contributed by atoms with van der Waals surface area (Å²) in [6, 6.07) is 0. The third-order valence-corrected chi connectivity index (χ3v) is 5.02. The monoisotopic (exact) mass is 230 g/mol. The van der Waals surface area contributed by atoms with E-state index < -0.39 is 10.5 Å². The average Bonchev–Trinajstić information content (AvgIpc) is 2.56. The zero-order valence-electron chi connectivity index (χ0n) is 7.99. The average molecular weight is 230 g/mol. The van der Waals surface area contributed by atoms with Gasteiger partial charge in [0.05, 0.1) is 6.26 Å². The molecule has 13 heavy (non-hydrogen) atoms. The van der Waals surface area contributed by atoms with Crippen LogP contribution in [0, 0.1) is 0 Å². The van der Waals surface area contributed by atoms with Crippen molar-refractivity contribution in [3.63, 3.8) is 0 Å². The lowest BCUT2D eigenvalue weighted by Gasteiger charge is -1.84. The van der Waals surface area contributed by atoms with Gasteiger partial charge in [-0.15, -0.1) is 3.89 Å². The van der Waals surface area contributed by atoms with Crippen molar-refractivity contribution in [2.24, 2.45) is 0 Å². The van der Waals surface area contributed by atoms with E-state index in [1.165, 1.54) is 12.8 Å². The van der Waals surface area contributed by atoms with Gasteiger partial charge in [0, 0.05) is 10.9 Å². The van der Waals surface area contributed by atoms with Crippen molar-refractivity contribution in [2.75, 3.05) is 6.26 Å². The molecule has 0 aliphatic carbocycles. The summed E-state index contributed by atoms with van der Waals surface area (Å²) in [4.78, 5) is 0. The molecule has 0 N–H and O–H groups in total. The maximum atomic E-state index is 10.1. The second kappa shape index (κ2) is 5.17. The lowest BCUT2D eigenvalue weighted by atomic mass is 10.2. The van der Waals surface area contributed by atoms with E-state index in [-0.39, 0.29) is 0 Å². The fourth-order valence-corrected chi connectivity index (χ4v) is 4.10. The molecule has 0 saturated carbocycles. The van der Waals surface area contributed by atoms with Crippen LogP contribution in [0.15, 0.2) is 0 Å². The number of halogens is 1. The molecule has 80 valence electrons. The smallest absolute Gasteiger partial charge is 0.255 e. The normalized spacial score (nSPS) is 31.9. The SMILES string of the molecule is CCC1C(CC)[S+]1C.O=S(=O)([O-])F. The first-order valence-corrected chi connectivity index (χ1v) is 7.17. The van der Waals surface area contributed by atoms with Crippen molar-refractivity contribution >= 4 is 21.4 Å². The Hall–Kier alpha value is 0.190. The van der Waals surface area contributed by atoms with Crippen LogP contribution in [0.1, 0.15) is 26.7 Å². The van der Waals surface area contributed by atoms with E-state index >= 15 is 0 Å². The zero-order chi connectivity index (χ0) is 10.6. The van der Waals surface area contributed by atoms with Gasteiger partial charge >= 0.3 is 0 Å². The highest BCUT2D eigenvalue weighted by atomic mass is 32.3. The van der Waals surface area contributed by atoms with E-state index in [1.807, 2.05) is 0 Å². The first-order chi connectivity index (χ1) is 5.81. The predicted molar refractivity (Wildman–Crippen MR) is 52.3 cm³/mol. The molecule has 0 spiro atoms.